The number of methoxy groups -OCH3 is 1. The Labute approximate surface area is 128 Å². The van der Waals surface area contributed by atoms with Crippen LogP contribution in [0.4, 0.5) is 10.1 Å². The molecule has 2 aromatic carbocycles. The van der Waals surface area contributed by atoms with Gasteiger partial charge in [-0.1, -0.05) is 29.8 Å². The predicted molar refractivity (Wildman–Crippen MR) is 83.5 cm³/mol. The van der Waals surface area contributed by atoms with Gasteiger partial charge in [0.1, 0.15) is 11.6 Å². The van der Waals surface area contributed by atoms with E-state index in [0.29, 0.717) is 16.6 Å². The van der Waals surface area contributed by atoms with Gasteiger partial charge in [0.15, 0.2) is 0 Å². The monoisotopic (exact) mass is 305 g/mol. The van der Waals surface area contributed by atoms with Crippen molar-refractivity contribution in [2.24, 2.45) is 5.92 Å². The standard InChI is InChI=1S/C17H17ClFNO/c1-21-13-9-7-12(8-10-13)16(11-5-6-11)20-17-14(18)3-2-4-15(17)19/h2-4,7-11,16,20H,5-6H2,1H3. The van der Waals surface area contributed by atoms with Crippen LogP contribution in [0.25, 0.3) is 0 Å². The van der Waals surface area contributed by atoms with E-state index in [4.69, 9.17) is 16.3 Å². The van der Waals surface area contributed by atoms with Crippen molar-refractivity contribution in [1.82, 2.24) is 0 Å². The number of para-hydroxylation sites is 1. The Kier molecular flexibility index (Phi) is 4.02. The summed E-state index contributed by atoms with van der Waals surface area (Å²) in [4.78, 5) is 0. The van der Waals surface area contributed by atoms with E-state index in [0.717, 1.165) is 24.2 Å². The van der Waals surface area contributed by atoms with Gasteiger partial charge < -0.3 is 10.1 Å². The van der Waals surface area contributed by atoms with Gasteiger partial charge in [-0.05, 0) is 48.6 Å². The summed E-state index contributed by atoms with van der Waals surface area (Å²) in [5, 5.41) is 3.69. The highest BCUT2D eigenvalue weighted by atomic mass is 35.5. The maximum Gasteiger partial charge on any atom is 0.147 e. The Bertz CT molecular complexity index is 605. The van der Waals surface area contributed by atoms with Crippen molar-refractivity contribution >= 4 is 17.3 Å². The lowest BCUT2D eigenvalue weighted by Gasteiger charge is -2.21. The molecule has 3 rings (SSSR count). The third-order valence-electron chi connectivity index (χ3n) is 3.83. The predicted octanol–water partition coefficient (Wildman–Crippen LogP) is 5.05. The molecule has 1 aliphatic rings. The lowest BCUT2D eigenvalue weighted by Crippen LogP contribution is -2.14. The van der Waals surface area contributed by atoms with E-state index in [2.05, 4.69) is 5.32 Å². The average Bonchev–Trinajstić information content (AvgIpc) is 3.32. The molecule has 1 atom stereocenters. The average molecular weight is 306 g/mol. The molecule has 1 saturated carbocycles. The first-order chi connectivity index (χ1) is 10.2. The molecule has 2 aromatic rings. The molecule has 0 radical (unpaired) electrons. The SMILES string of the molecule is COc1ccc(C(Nc2c(F)cccc2Cl)C2CC2)cc1. The fourth-order valence-electron chi connectivity index (χ4n) is 2.51. The highest BCUT2D eigenvalue weighted by Gasteiger charge is 2.33. The van der Waals surface area contributed by atoms with Gasteiger partial charge in [-0.25, -0.2) is 4.39 Å². The van der Waals surface area contributed by atoms with Crippen LogP contribution in [-0.4, -0.2) is 7.11 Å². The van der Waals surface area contributed by atoms with Gasteiger partial charge in [-0.15, -0.1) is 0 Å². The molecule has 2 nitrogen and oxygen atoms in total. The summed E-state index contributed by atoms with van der Waals surface area (Å²) in [6.45, 7) is 0. The number of halogens is 2. The molecule has 1 unspecified atom stereocenters. The largest absolute Gasteiger partial charge is 0.497 e. The first kappa shape index (κ1) is 14.2. The molecule has 1 fully saturated rings. The lowest BCUT2D eigenvalue weighted by molar-refractivity contribution is 0.414. The van der Waals surface area contributed by atoms with Crippen molar-refractivity contribution in [3.63, 3.8) is 0 Å². The zero-order valence-electron chi connectivity index (χ0n) is 11.8. The van der Waals surface area contributed by atoms with E-state index >= 15 is 0 Å². The molecule has 0 bridgehead atoms. The fourth-order valence-corrected chi connectivity index (χ4v) is 2.72. The summed E-state index contributed by atoms with van der Waals surface area (Å²) < 4.78 is 19.1. The van der Waals surface area contributed by atoms with Gasteiger partial charge in [0.2, 0.25) is 0 Å². The first-order valence-electron chi connectivity index (χ1n) is 7.03. The van der Waals surface area contributed by atoms with Crippen molar-refractivity contribution in [2.45, 2.75) is 18.9 Å². The molecule has 4 heteroatoms. The fraction of sp³-hybridized carbons (Fsp3) is 0.294. The van der Waals surface area contributed by atoms with Crippen molar-refractivity contribution < 1.29 is 9.13 Å². The van der Waals surface area contributed by atoms with Crippen molar-refractivity contribution in [1.29, 1.82) is 0 Å². The van der Waals surface area contributed by atoms with Crippen molar-refractivity contribution in [3.8, 4) is 5.75 Å². The molecule has 110 valence electrons. The topological polar surface area (TPSA) is 21.3 Å². The zero-order valence-corrected chi connectivity index (χ0v) is 12.5. The highest BCUT2D eigenvalue weighted by molar-refractivity contribution is 6.33. The number of rotatable bonds is 5. The molecular formula is C17H17ClFNO. The van der Waals surface area contributed by atoms with E-state index in [1.165, 1.54) is 6.07 Å². The van der Waals surface area contributed by atoms with Gasteiger partial charge in [0, 0.05) is 0 Å². The molecule has 0 spiro atoms. The minimum absolute atomic E-state index is 0.0744. The molecule has 0 saturated heterocycles. The smallest absolute Gasteiger partial charge is 0.147 e. The molecule has 0 aromatic heterocycles. The number of nitrogens with one attached hydrogen (secondary N) is 1. The summed E-state index contributed by atoms with van der Waals surface area (Å²) >= 11 is 6.11. The van der Waals surface area contributed by atoms with Gasteiger partial charge in [-0.2, -0.15) is 0 Å². The number of hydrogen-bond acceptors (Lipinski definition) is 2. The molecule has 1 aliphatic carbocycles. The second-order valence-electron chi connectivity index (χ2n) is 5.33. The van der Waals surface area contributed by atoms with E-state index < -0.39 is 0 Å². The lowest BCUT2D eigenvalue weighted by atomic mass is 10.0. The highest BCUT2D eigenvalue weighted by Crippen LogP contribution is 2.44. The normalized spacial score (nSPS) is 15.6. The minimum atomic E-state index is -0.318. The van der Waals surface area contributed by atoms with E-state index in [1.54, 1.807) is 19.2 Å². The Morgan fingerprint density at radius 3 is 2.48 bits per heavy atom. The second kappa shape index (κ2) is 5.94. The maximum atomic E-state index is 14.0. The number of hydrogen-bond donors (Lipinski definition) is 1. The van der Waals surface area contributed by atoms with Crippen LogP contribution in [0.3, 0.4) is 0 Å². The van der Waals surface area contributed by atoms with Crippen LogP contribution in [0, 0.1) is 11.7 Å². The van der Waals surface area contributed by atoms with Crippen LogP contribution in [0.2, 0.25) is 5.02 Å². The van der Waals surface area contributed by atoms with Crippen LogP contribution < -0.4 is 10.1 Å². The van der Waals surface area contributed by atoms with Gasteiger partial charge in [-0.3, -0.25) is 0 Å². The van der Waals surface area contributed by atoms with Crippen LogP contribution in [-0.2, 0) is 0 Å². The second-order valence-corrected chi connectivity index (χ2v) is 5.74. The minimum Gasteiger partial charge on any atom is -0.497 e. The zero-order chi connectivity index (χ0) is 14.8. The number of ether oxygens (including phenoxy) is 1. The van der Waals surface area contributed by atoms with Crippen molar-refractivity contribution in [2.75, 3.05) is 12.4 Å². The van der Waals surface area contributed by atoms with E-state index in [-0.39, 0.29) is 11.9 Å². The first-order valence-corrected chi connectivity index (χ1v) is 7.41. The molecule has 0 heterocycles. The van der Waals surface area contributed by atoms with Crippen LogP contribution in [0.15, 0.2) is 42.5 Å². The Balaban J connectivity index is 1.88. The Morgan fingerprint density at radius 1 is 1.19 bits per heavy atom. The molecular weight excluding hydrogens is 289 g/mol. The van der Waals surface area contributed by atoms with Crippen LogP contribution in [0.1, 0.15) is 24.4 Å². The van der Waals surface area contributed by atoms with Gasteiger partial charge in [0.05, 0.1) is 23.9 Å². The summed E-state index contributed by atoms with van der Waals surface area (Å²) in [5.41, 5.74) is 1.50. The molecule has 21 heavy (non-hydrogen) atoms. The quantitative estimate of drug-likeness (QED) is 0.834. The van der Waals surface area contributed by atoms with Crippen molar-refractivity contribution in [3.05, 3.63) is 58.9 Å². The summed E-state index contributed by atoms with van der Waals surface area (Å²) in [7, 11) is 1.64. The third kappa shape index (κ3) is 3.13. The number of anilines is 1. The van der Waals surface area contributed by atoms with E-state index in [1.807, 2.05) is 24.3 Å². The van der Waals surface area contributed by atoms with Gasteiger partial charge in [0.25, 0.3) is 0 Å². The van der Waals surface area contributed by atoms with Crippen LogP contribution >= 0.6 is 11.6 Å². The molecule has 0 aliphatic heterocycles. The van der Waals surface area contributed by atoms with E-state index in [9.17, 15) is 4.39 Å². The summed E-state index contributed by atoms with van der Waals surface area (Å²) in [6, 6.07) is 12.7. The Hall–Kier alpha value is -1.74. The van der Waals surface area contributed by atoms with Gasteiger partial charge >= 0.3 is 0 Å². The molecule has 1 N–H and O–H groups in total. The van der Waals surface area contributed by atoms with Crippen LogP contribution in [0.5, 0.6) is 5.75 Å². The maximum absolute atomic E-state index is 14.0. The number of benzene rings is 2. The summed E-state index contributed by atoms with van der Waals surface area (Å²) in [6.07, 6.45) is 2.30. The third-order valence-corrected chi connectivity index (χ3v) is 4.15. The Morgan fingerprint density at radius 2 is 1.90 bits per heavy atom. The summed E-state index contributed by atoms with van der Waals surface area (Å²) in [5.74, 6) is 1.02. The molecule has 0 amide bonds.